The second-order valence-corrected chi connectivity index (χ2v) is 5.05. The maximum absolute atomic E-state index is 11.6. The fourth-order valence-electron chi connectivity index (χ4n) is 1.74. The van der Waals surface area contributed by atoms with E-state index in [2.05, 4.69) is 10.2 Å². The van der Waals surface area contributed by atoms with Gasteiger partial charge in [-0.15, -0.1) is 5.10 Å². The molecule has 0 radical (unpaired) electrons. The lowest BCUT2D eigenvalue weighted by Crippen LogP contribution is -2.17. The van der Waals surface area contributed by atoms with Gasteiger partial charge in [0.25, 0.3) is 0 Å². The van der Waals surface area contributed by atoms with E-state index in [4.69, 9.17) is 4.74 Å². The molecular weight excluding hydrogens is 262 g/mol. The van der Waals surface area contributed by atoms with Crippen LogP contribution in [0, 0.1) is 0 Å². The molecule has 0 aliphatic heterocycles. The highest BCUT2D eigenvalue weighted by molar-refractivity contribution is 7.98. The number of nitrogens with one attached hydrogen (secondary N) is 1. The van der Waals surface area contributed by atoms with Gasteiger partial charge in [-0.1, -0.05) is 30.8 Å². The van der Waals surface area contributed by atoms with Gasteiger partial charge in [-0.3, -0.25) is 4.57 Å². The van der Waals surface area contributed by atoms with Crippen LogP contribution in [0.3, 0.4) is 0 Å². The molecule has 0 saturated heterocycles. The van der Waals surface area contributed by atoms with Gasteiger partial charge in [-0.05, 0) is 24.1 Å². The summed E-state index contributed by atoms with van der Waals surface area (Å²) in [7, 11) is 1.65. The van der Waals surface area contributed by atoms with Crippen LogP contribution in [0.4, 0.5) is 0 Å². The van der Waals surface area contributed by atoms with Crippen LogP contribution in [0.15, 0.2) is 34.2 Å². The number of hydrogen-bond donors (Lipinski definition) is 1. The van der Waals surface area contributed by atoms with Gasteiger partial charge in [0.1, 0.15) is 5.75 Å². The molecule has 0 unspecified atom stereocenters. The normalized spacial score (nSPS) is 10.6. The minimum atomic E-state index is -0.144. The lowest BCUT2D eigenvalue weighted by Gasteiger charge is -2.05. The minimum Gasteiger partial charge on any atom is -0.497 e. The number of benzene rings is 1. The van der Waals surface area contributed by atoms with Crippen molar-refractivity contribution in [2.45, 2.75) is 30.8 Å². The van der Waals surface area contributed by atoms with Crippen molar-refractivity contribution in [2.75, 3.05) is 7.11 Å². The number of aromatic nitrogens is 3. The van der Waals surface area contributed by atoms with Crippen molar-refractivity contribution in [2.24, 2.45) is 0 Å². The maximum Gasteiger partial charge on any atom is 0.343 e. The molecule has 0 amide bonds. The Bertz CT molecular complexity index is 592. The second kappa shape index (κ2) is 6.47. The predicted octanol–water partition coefficient (Wildman–Crippen LogP) is 2.28. The van der Waals surface area contributed by atoms with E-state index in [0.717, 1.165) is 28.6 Å². The highest BCUT2D eigenvalue weighted by Gasteiger charge is 2.08. The Labute approximate surface area is 116 Å². The van der Waals surface area contributed by atoms with E-state index in [1.165, 1.54) is 0 Å². The molecule has 5 nitrogen and oxygen atoms in total. The highest BCUT2D eigenvalue weighted by Crippen LogP contribution is 2.22. The van der Waals surface area contributed by atoms with Crippen LogP contribution in [0.2, 0.25) is 0 Å². The summed E-state index contributed by atoms with van der Waals surface area (Å²) in [4.78, 5) is 11.6. The fraction of sp³-hybridized carbons (Fsp3) is 0.385. The first-order valence-electron chi connectivity index (χ1n) is 6.15. The topological polar surface area (TPSA) is 59.9 Å². The van der Waals surface area contributed by atoms with E-state index in [9.17, 15) is 4.79 Å². The molecule has 1 aromatic carbocycles. The summed E-state index contributed by atoms with van der Waals surface area (Å²) in [6, 6.07) is 7.89. The highest BCUT2D eigenvalue weighted by atomic mass is 32.2. The van der Waals surface area contributed by atoms with Gasteiger partial charge in [-0.25, -0.2) is 9.89 Å². The van der Waals surface area contributed by atoms with E-state index in [0.29, 0.717) is 6.54 Å². The first-order valence-corrected chi connectivity index (χ1v) is 7.14. The summed E-state index contributed by atoms with van der Waals surface area (Å²) in [6.45, 7) is 2.73. The number of ether oxygens (including phenoxy) is 1. The van der Waals surface area contributed by atoms with E-state index >= 15 is 0 Å². The van der Waals surface area contributed by atoms with Crippen LogP contribution in [0.1, 0.15) is 18.9 Å². The third kappa shape index (κ3) is 3.41. The molecular formula is C13H17N3O2S. The Balaban J connectivity index is 2.07. The molecule has 0 spiro atoms. The lowest BCUT2D eigenvalue weighted by atomic mass is 10.2. The van der Waals surface area contributed by atoms with Crippen LogP contribution in [-0.2, 0) is 12.3 Å². The molecule has 19 heavy (non-hydrogen) atoms. The third-order valence-electron chi connectivity index (χ3n) is 2.67. The molecule has 0 aliphatic rings. The minimum absolute atomic E-state index is 0.144. The van der Waals surface area contributed by atoms with Gasteiger partial charge in [0.05, 0.1) is 7.11 Å². The zero-order chi connectivity index (χ0) is 13.7. The summed E-state index contributed by atoms with van der Waals surface area (Å²) < 4.78 is 6.86. The molecule has 0 aliphatic carbocycles. The number of rotatable bonds is 6. The molecule has 0 atom stereocenters. The van der Waals surface area contributed by atoms with Crippen molar-refractivity contribution in [3.63, 3.8) is 0 Å². The maximum atomic E-state index is 11.6. The summed E-state index contributed by atoms with van der Waals surface area (Å²) in [5.41, 5.74) is 0.998. The number of hydrogen-bond acceptors (Lipinski definition) is 4. The van der Waals surface area contributed by atoms with E-state index in [1.807, 2.05) is 31.2 Å². The average molecular weight is 279 g/mol. The average Bonchev–Trinajstić information content (AvgIpc) is 2.78. The zero-order valence-electron chi connectivity index (χ0n) is 11.0. The Kier molecular flexibility index (Phi) is 4.68. The Morgan fingerprint density at radius 1 is 1.47 bits per heavy atom. The molecule has 0 saturated carbocycles. The lowest BCUT2D eigenvalue weighted by molar-refractivity contribution is 0.414. The van der Waals surface area contributed by atoms with Gasteiger partial charge in [0.15, 0.2) is 5.16 Å². The summed E-state index contributed by atoms with van der Waals surface area (Å²) >= 11 is 1.55. The molecule has 2 aromatic rings. The number of nitrogens with zero attached hydrogens (tertiary/aromatic N) is 2. The standard InChI is InChI=1S/C13H17N3O2S/c1-3-7-16-12(17)14-15-13(16)19-9-10-5-4-6-11(8-10)18-2/h4-6,8H,3,7,9H2,1-2H3,(H,14,17). The number of thioether (sulfide) groups is 1. The largest absolute Gasteiger partial charge is 0.497 e. The molecule has 0 bridgehead atoms. The molecule has 0 fully saturated rings. The molecule has 1 N–H and O–H groups in total. The Hall–Kier alpha value is -1.69. The number of aromatic amines is 1. The molecule has 6 heteroatoms. The molecule has 102 valence electrons. The molecule has 2 rings (SSSR count). The Morgan fingerprint density at radius 2 is 2.32 bits per heavy atom. The Morgan fingerprint density at radius 3 is 3.05 bits per heavy atom. The van der Waals surface area contributed by atoms with Crippen LogP contribution >= 0.6 is 11.8 Å². The monoisotopic (exact) mass is 279 g/mol. The van der Waals surface area contributed by atoms with Gasteiger partial charge in [0.2, 0.25) is 0 Å². The third-order valence-corrected chi connectivity index (χ3v) is 3.72. The molecule has 1 heterocycles. The van der Waals surface area contributed by atoms with Crippen molar-refractivity contribution in [3.05, 3.63) is 40.3 Å². The van der Waals surface area contributed by atoms with E-state index in [1.54, 1.807) is 23.4 Å². The van der Waals surface area contributed by atoms with Crippen molar-refractivity contribution in [1.82, 2.24) is 14.8 Å². The SMILES string of the molecule is CCCn1c(SCc2cccc(OC)c2)n[nH]c1=O. The zero-order valence-corrected chi connectivity index (χ0v) is 11.9. The summed E-state index contributed by atoms with van der Waals surface area (Å²) in [5.74, 6) is 1.59. The van der Waals surface area contributed by atoms with E-state index < -0.39 is 0 Å². The van der Waals surface area contributed by atoms with Crippen LogP contribution in [0.25, 0.3) is 0 Å². The fourth-order valence-corrected chi connectivity index (χ4v) is 2.66. The van der Waals surface area contributed by atoms with E-state index in [-0.39, 0.29) is 5.69 Å². The summed E-state index contributed by atoms with van der Waals surface area (Å²) in [5, 5.41) is 7.27. The van der Waals surface area contributed by atoms with Crippen LogP contribution < -0.4 is 10.4 Å². The van der Waals surface area contributed by atoms with Crippen molar-refractivity contribution >= 4 is 11.8 Å². The predicted molar refractivity (Wildman–Crippen MR) is 75.7 cm³/mol. The van der Waals surface area contributed by atoms with Crippen LogP contribution in [0.5, 0.6) is 5.75 Å². The van der Waals surface area contributed by atoms with Crippen molar-refractivity contribution in [3.8, 4) is 5.75 Å². The smallest absolute Gasteiger partial charge is 0.343 e. The van der Waals surface area contributed by atoms with Gasteiger partial charge < -0.3 is 4.74 Å². The second-order valence-electron chi connectivity index (χ2n) is 4.10. The first kappa shape index (κ1) is 13.7. The van der Waals surface area contributed by atoms with Crippen LogP contribution in [-0.4, -0.2) is 21.9 Å². The van der Waals surface area contributed by atoms with Gasteiger partial charge in [-0.2, -0.15) is 0 Å². The quantitative estimate of drug-likeness (QED) is 0.824. The van der Waals surface area contributed by atoms with Gasteiger partial charge in [0, 0.05) is 12.3 Å². The van der Waals surface area contributed by atoms with Crippen molar-refractivity contribution < 1.29 is 4.74 Å². The first-order chi connectivity index (χ1) is 9.24. The summed E-state index contributed by atoms with van der Waals surface area (Å²) in [6.07, 6.45) is 0.909. The number of H-pyrrole nitrogens is 1. The van der Waals surface area contributed by atoms with Gasteiger partial charge >= 0.3 is 5.69 Å². The van der Waals surface area contributed by atoms with Crippen molar-refractivity contribution in [1.29, 1.82) is 0 Å². The number of methoxy groups -OCH3 is 1. The molecule has 1 aromatic heterocycles.